The summed E-state index contributed by atoms with van der Waals surface area (Å²) >= 11 is 1.62. The van der Waals surface area contributed by atoms with E-state index in [4.69, 9.17) is 9.97 Å². The number of hydrogen-bond donors (Lipinski definition) is 3. The standard InChI is InChI=1S/C26H22N8OS/c1-14(2)10-21(35)29-16-11-15(12-27-13-16)17-5-6-19-23(30-17)25(34-33-19)26-31-18-7-8-28-24(22(18)32-26)20-4-3-9-36-20/h3-9,11-14H,10H2,1-2H3,(H,29,35)(H,31,32)(H,33,34). The molecular weight excluding hydrogens is 472 g/mol. The van der Waals surface area contributed by atoms with Crippen LogP contribution >= 0.6 is 11.3 Å². The Kier molecular flexibility index (Phi) is 5.49. The maximum absolute atomic E-state index is 12.2. The number of anilines is 1. The van der Waals surface area contributed by atoms with Crippen LogP contribution in [0.3, 0.4) is 0 Å². The Bertz CT molecular complexity index is 1700. The highest BCUT2D eigenvalue weighted by atomic mass is 32.1. The van der Waals surface area contributed by atoms with Crippen molar-refractivity contribution in [2.75, 3.05) is 5.32 Å². The van der Waals surface area contributed by atoms with E-state index in [0.717, 1.165) is 38.4 Å². The van der Waals surface area contributed by atoms with Crippen LogP contribution in [-0.2, 0) is 4.79 Å². The summed E-state index contributed by atoms with van der Waals surface area (Å²) in [5, 5.41) is 12.5. The molecule has 0 unspecified atom stereocenters. The van der Waals surface area contributed by atoms with E-state index in [2.05, 4.69) is 30.5 Å². The molecule has 0 spiro atoms. The molecule has 0 saturated carbocycles. The molecule has 0 aliphatic heterocycles. The average Bonchev–Trinajstić information content (AvgIpc) is 3.62. The zero-order valence-electron chi connectivity index (χ0n) is 19.6. The lowest BCUT2D eigenvalue weighted by molar-refractivity contribution is -0.116. The molecule has 6 rings (SSSR count). The predicted molar refractivity (Wildman–Crippen MR) is 141 cm³/mol. The van der Waals surface area contributed by atoms with Gasteiger partial charge in [-0.1, -0.05) is 19.9 Å². The van der Waals surface area contributed by atoms with Crippen molar-refractivity contribution in [3.05, 3.63) is 60.4 Å². The molecule has 178 valence electrons. The number of imidazole rings is 1. The van der Waals surface area contributed by atoms with Crippen molar-refractivity contribution in [2.45, 2.75) is 20.3 Å². The Morgan fingerprint density at radius 3 is 2.78 bits per heavy atom. The predicted octanol–water partition coefficient (Wildman–Crippen LogP) is 5.67. The van der Waals surface area contributed by atoms with Gasteiger partial charge in [0, 0.05) is 24.4 Å². The molecular formula is C26H22N8OS. The van der Waals surface area contributed by atoms with Crippen molar-refractivity contribution in [1.82, 2.24) is 35.1 Å². The monoisotopic (exact) mass is 494 g/mol. The summed E-state index contributed by atoms with van der Waals surface area (Å²) in [6.07, 6.45) is 5.59. The minimum Gasteiger partial charge on any atom is -0.336 e. The molecule has 0 saturated heterocycles. The highest BCUT2D eigenvalue weighted by molar-refractivity contribution is 7.13. The van der Waals surface area contributed by atoms with E-state index in [9.17, 15) is 4.79 Å². The number of nitrogens with one attached hydrogen (secondary N) is 3. The van der Waals surface area contributed by atoms with E-state index in [1.54, 1.807) is 29.9 Å². The number of nitrogens with zero attached hydrogens (tertiary/aromatic N) is 5. The zero-order chi connectivity index (χ0) is 24.6. The van der Waals surface area contributed by atoms with Crippen LogP contribution in [0.4, 0.5) is 5.69 Å². The second kappa shape index (κ2) is 8.97. The number of aromatic nitrogens is 7. The van der Waals surface area contributed by atoms with Crippen LogP contribution in [0.25, 0.3) is 55.4 Å². The van der Waals surface area contributed by atoms with Gasteiger partial charge in [-0.25, -0.2) is 9.97 Å². The average molecular weight is 495 g/mol. The first-order valence-corrected chi connectivity index (χ1v) is 12.4. The highest BCUT2D eigenvalue weighted by Crippen LogP contribution is 2.32. The molecule has 1 amide bonds. The number of thiophene rings is 1. The molecule has 0 bridgehead atoms. The molecule has 0 aromatic carbocycles. The summed E-state index contributed by atoms with van der Waals surface area (Å²) in [7, 11) is 0. The van der Waals surface area contributed by atoms with E-state index in [1.807, 2.05) is 55.6 Å². The molecule has 6 aromatic rings. The van der Waals surface area contributed by atoms with Crippen LogP contribution in [0.2, 0.25) is 0 Å². The van der Waals surface area contributed by atoms with Gasteiger partial charge < -0.3 is 10.3 Å². The topological polar surface area (TPSA) is 125 Å². The first kappa shape index (κ1) is 22.1. The molecule has 10 heteroatoms. The molecule has 0 radical (unpaired) electrons. The maximum Gasteiger partial charge on any atom is 0.224 e. The Morgan fingerprint density at radius 2 is 1.94 bits per heavy atom. The van der Waals surface area contributed by atoms with Crippen LogP contribution in [0.5, 0.6) is 0 Å². The van der Waals surface area contributed by atoms with Crippen molar-refractivity contribution < 1.29 is 4.79 Å². The molecule has 6 aromatic heterocycles. The largest absolute Gasteiger partial charge is 0.336 e. The Labute approximate surface area is 210 Å². The van der Waals surface area contributed by atoms with Crippen molar-refractivity contribution >= 4 is 45.0 Å². The van der Waals surface area contributed by atoms with Gasteiger partial charge in [0.05, 0.1) is 33.5 Å². The van der Waals surface area contributed by atoms with Gasteiger partial charge in [0.15, 0.2) is 11.5 Å². The van der Waals surface area contributed by atoms with E-state index in [-0.39, 0.29) is 11.8 Å². The fourth-order valence-electron chi connectivity index (χ4n) is 4.10. The molecule has 6 heterocycles. The first-order chi connectivity index (χ1) is 17.5. The second-order valence-corrected chi connectivity index (χ2v) is 9.84. The number of fused-ring (bicyclic) bond motifs is 2. The van der Waals surface area contributed by atoms with Gasteiger partial charge in [0.25, 0.3) is 0 Å². The van der Waals surface area contributed by atoms with Crippen molar-refractivity contribution in [1.29, 1.82) is 0 Å². The normalized spacial score (nSPS) is 11.5. The van der Waals surface area contributed by atoms with Gasteiger partial charge in [-0.05, 0) is 41.6 Å². The second-order valence-electron chi connectivity index (χ2n) is 8.89. The van der Waals surface area contributed by atoms with Crippen LogP contribution in [-0.4, -0.2) is 41.0 Å². The summed E-state index contributed by atoms with van der Waals surface area (Å²) in [6, 6.07) is 11.6. The van der Waals surface area contributed by atoms with Gasteiger partial charge in [-0.3, -0.25) is 19.9 Å². The van der Waals surface area contributed by atoms with E-state index in [0.29, 0.717) is 29.1 Å². The molecule has 0 aliphatic carbocycles. The summed E-state index contributed by atoms with van der Waals surface area (Å²) < 4.78 is 0. The smallest absolute Gasteiger partial charge is 0.224 e. The third-order valence-electron chi connectivity index (χ3n) is 5.70. The van der Waals surface area contributed by atoms with Crippen LogP contribution < -0.4 is 5.32 Å². The minimum atomic E-state index is -0.0363. The number of H-pyrrole nitrogens is 2. The Morgan fingerprint density at radius 1 is 1.06 bits per heavy atom. The number of aromatic amines is 2. The van der Waals surface area contributed by atoms with Gasteiger partial charge in [0.1, 0.15) is 16.7 Å². The van der Waals surface area contributed by atoms with E-state index >= 15 is 0 Å². The van der Waals surface area contributed by atoms with Crippen molar-refractivity contribution in [2.24, 2.45) is 5.92 Å². The fourth-order valence-corrected chi connectivity index (χ4v) is 4.82. The van der Waals surface area contributed by atoms with E-state index in [1.165, 1.54) is 0 Å². The number of carbonyl (C=O) groups excluding carboxylic acids is 1. The number of rotatable bonds is 6. The Hall–Kier alpha value is -4.44. The van der Waals surface area contributed by atoms with Gasteiger partial charge in [0.2, 0.25) is 5.91 Å². The van der Waals surface area contributed by atoms with Crippen LogP contribution in [0.1, 0.15) is 20.3 Å². The molecule has 36 heavy (non-hydrogen) atoms. The van der Waals surface area contributed by atoms with Crippen molar-refractivity contribution in [3.63, 3.8) is 0 Å². The van der Waals surface area contributed by atoms with Crippen LogP contribution in [0.15, 0.2) is 60.4 Å². The third-order valence-corrected chi connectivity index (χ3v) is 6.58. The molecule has 9 nitrogen and oxygen atoms in total. The molecule has 0 aliphatic rings. The van der Waals surface area contributed by atoms with E-state index < -0.39 is 0 Å². The number of carbonyl (C=O) groups is 1. The van der Waals surface area contributed by atoms with Gasteiger partial charge in [-0.15, -0.1) is 11.3 Å². The summed E-state index contributed by atoms with van der Waals surface area (Å²) in [4.78, 5) is 35.2. The SMILES string of the molecule is CC(C)CC(=O)Nc1cncc(-c2ccc3[nH]nc(-c4nc5c(-c6cccs6)nccc5[nH]4)c3n2)c1. The van der Waals surface area contributed by atoms with Crippen LogP contribution in [0, 0.1) is 5.92 Å². The quantitative estimate of drug-likeness (QED) is 0.274. The minimum absolute atomic E-state index is 0.0363. The molecule has 0 atom stereocenters. The highest BCUT2D eigenvalue weighted by Gasteiger charge is 2.18. The van der Waals surface area contributed by atoms with Crippen molar-refractivity contribution in [3.8, 4) is 33.3 Å². The third kappa shape index (κ3) is 4.11. The summed E-state index contributed by atoms with van der Waals surface area (Å²) in [5.41, 5.74) is 6.75. The summed E-state index contributed by atoms with van der Waals surface area (Å²) in [5.74, 6) is 0.852. The molecule has 0 fully saturated rings. The lowest BCUT2D eigenvalue weighted by Gasteiger charge is -2.08. The van der Waals surface area contributed by atoms with Gasteiger partial charge >= 0.3 is 0 Å². The lowest BCUT2D eigenvalue weighted by atomic mass is 10.1. The lowest BCUT2D eigenvalue weighted by Crippen LogP contribution is -2.14. The first-order valence-electron chi connectivity index (χ1n) is 11.5. The molecule has 3 N–H and O–H groups in total. The number of hydrogen-bond acceptors (Lipinski definition) is 7. The zero-order valence-corrected chi connectivity index (χ0v) is 20.4. The summed E-state index contributed by atoms with van der Waals surface area (Å²) in [6.45, 7) is 4.02. The number of pyridine rings is 3. The van der Waals surface area contributed by atoms with Gasteiger partial charge in [-0.2, -0.15) is 5.10 Å². The fraction of sp³-hybridized carbons (Fsp3) is 0.154. The number of amides is 1. The Balaban J connectivity index is 1.38. The maximum atomic E-state index is 12.2.